The largest absolute Gasteiger partial charge is 0.302 e. The van der Waals surface area contributed by atoms with Crippen LogP contribution in [0.2, 0.25) is 0 Å². The minimum absolute atomic E-state index is 0.0116. The van der Waals surface area contributed by atoms with E-state index in [1.54, 1.807) is 24.5 Å². The molecule has 1 aliphatic carbocycles. The van der Waals surface area contributed by atoms with Crippen LogP contribution < -0.4 is 5.32 Å². The van der Waals surface area contributed by atoms with E-state index in [0.717, 1.165) is 23.2 Å². The molecule has 1 saturated carbocycles. The van der Waals surface area contributed by atoms with E-state index in [-0.39, 0.29) is 23.6 Å². The molecular formula is C18H14FN3OS. The number of rotatable bonds is 4. The zero-order valence-corrected chi connectivity index (χ0v) is 13.5. The first-order chi connectivity index (χ1) is 11.7. The molecule has 3 aromatic rings. The second-order valence-electron chi connectivity index (χ2n) is 5.76. The van der Waals surface area contributed by atoms with Crippen LogP contribution >= 0.6 is 11.3 Å². The quantitative estimate of drug-likeness (QED) is 0.779. The van der Waals surface area contributed by atoms with Gasteiger partial charge in [0.2, 0.25) is 5.91 Å². The van der Waals surface area contributed by atoms with Crippen molar-refractivity contribution in [3.63, 3.8) is 0 Å². The second-order valence-corrected chi connectivity index (χ2v) is 6.65. The molecule has 2 aromatic heterocycles. The lowest BCUT2D eigenvalue weighted by atomic mass is 10.1. The summed E-state index contributed by atoms with van der Waals surface area (Å²) in [6.45, 7) is 0. The summed E-state index contributed by atoms with van der Waals surface area (Å²) in [5, 5.41) is 5.30. The van der Waals surface area contributed by atoms with Gasteiger partial charge in [0.1, 0.15) is 5.82 Å². The van der Waals surface area contributed by atoms with Crippen LogP contribution in [0.1, 0.15) is 17.9 Å². The first-order valence-corrected chi connectivity index (χ1v) is 8.51. The van der Waals surface area contributed by atoms with Gasteiger partial charge in [0.25, 0.3) is 0 Å². The third-order valence-electron chi connectivity index (χ3n) is 4.14. The molecule has 1 amide bonds. The van der Waals surface area contributed by atoms with Gasteiger partial charge in [-0.05, 0) is 48.2 Å². The molecule has 1 aromatic carbocycles. The zero-order valence-electron chi connectivity index (χ0n) is 12.6. The van der Waals surface area contributed by atoms with Crippen LogP contribution in [0.15, 0.2) is 54.2 Å². The van der Waals surface area contributed by atoms with E-state index >= 15 is 0 Å². The lowest BCUT2D eigenvalue weighted by molar-refractivity contribution is -0.117. The fourth-order valence-corrected chi connectivity index (χ4v) is 3.28. The van der Waals surface area contributed by atoms with E-state index in [2.05, 4.69) is 15.3 Å². The third-order valence-corrected chi connectivity index (χ3v) is 4.83. The highest BCUT2D eigenvalue weighted by Gasteiger charge is 2.44. The summed E-state index contributed by atoms with van der Waals surface area (Å²) >= 11 is 1.41. The van der Waals surface area contributed by atoms with Crippen molar-refractivity contribution in [1.82, 2.24) is 9.97 Å². The summed E-state index contributed by atoms with van der Waals surface area (Å²) in [7, 11) is 0. The lowest BCUT2D eigenvalue weighted by Gasteiger charge is -2.04. The van der Waals surface area contributed by atoms with Crippen LogP contribution in [0.4, 0.5) is 9.52 Å². The minimum atomic E-state index is -0.262. The SMILES string of the molecule is O=C(Nc1nccs1)[C@@H]1C[C@H]1c1ccc(-c2ccc(F)cc2)nc1. The molecule has 6 heteroatoms. The van der Waals surface area contributed by atoms with Gasteiger partial charge in [0, 0.05) is 29.3 Å². The highest BCUT2D eigenvalue weighted by Crippen LogP contribution is 2.48. The van der Waals surface area contributed by atoms with Crippen molar-refractivity contribution in [1.29, 1.82) is 0 Å². The summed E-state index contributed by atoms with van der Waals surface area (Å²) in [6, 6.07) is 10.2. The Morgan fingerprint density at radius 1 is 1.17 bits per heavy atom. The van der Waals surface area contributed by atoms with Crippen molar-refractivity contribution in [2.45, 2.75) is 12.3 Å². The topological polar surface area (TPSA) is 54.9 Å². The predicted octanol–water partition coefficient (Wildman–Crippen LogP) is 4.09. The molecule has 0 radical (unpaired) electrons. The van der Waals surface area contributed by atoms with E-state index in [0.29, 0.717) is 5.13 Å². The summed E-state index contributed by atoms with van der Waals surface area (Å²) in [5.74, 6) is -0.0629. The maximum absolute atomic E-state index is 13.0. The van der Waals surface area contributed by atoms with Crippen molar-refractivity contribution in [2.75, 3.05) is 5.32 Å². The lowest BCUT2D eigenvalue weighted by Crippen LogP contribution is -2.14. The van der Waals surface area contributed by atoms with Gasteiger partial charge in [-0.2, -0.15) is 0 Å². The molecule has 4 rings (SSSR count). The van der Waals surface area contributed by atoms with Crippen LogP contribution in [-0.2, 0) is 4.79 Å². The fraction of sp³-hybridized carbons (Fsp3) is 0.167. The molecule has 0 unspecified atom stereocenters. The van der Waals surface area contributed by atoms with E-state index in [4.69, 9.17) is 0 Å². The average molecular weight is 339 g/mol. The Labute approximate surface area is 142 Å². The molecule has 4 nitrogen and oxygen atoms in total. The monoisotopic (exact) mass is 339 g/mol. The molecule has 1 aliphatic rings. The molecule has 0 bridgehead atoms. The number of halogens is 1. The summed E-state index contributed by atoms with van der Waals surface area (Å²) < 4.78 is 13.0. The number of pyridine rings is 1. The molecule has 0 saturated heterocycles. The molecule has 120 valence electrons. The summed E-state index contributed by atoms with van der Waals surface area (Å²) in [4.78, 5) is 20.7. The number of hydrogen-bond acceptors (Lipinski definition) is 4. The number of nitrogens with zero attached hydrogens (tertiary/aromatic N) is 2. The number of hydrogen-bond donors (Lipinski definition) is 1. The van der Waals surface area contributed by atoms with Gasteiger partial charge in [0.15, 0.2) is 5.13 Å². The highest BCUT2D eigenvalue weighted by atomic mass is 32.1. The number of benzene rings is 1. The molecule has 0 aliphatic heterocycles. The van der Waals surface area contributed by atoms with Crippen LogP contribution in [0.5, 0.6) is 0 Å². The first-order valence-electron chi connectivity index (χ1n) is 7.63. The fourth-order valence-electron chi connectivity index (χ4n) is 2.75. The van der Waals surface area contributed by atoms with Gasteiger partial charge in [-0.25, -0.2) is 9.37 Å². The summed E-state index contributed by atoms with van der Waals surface area (Å²) in [6.07, 6.45) is 4.30. The Morgan fingerprint density at radius 2 is 2.00 bits per heavy atom. The van der Waals surface area contributed by atoms with Crippen LogP contribution in [0, 0.1) is 11.7 Å². The van der Waals surface area contributed by atoms with Crippen molar-refractivity contribution >= 4 is 22.4 Å². The number of thiazole rings is 1. The maximum atomic E-state index is 13.0. The number of nitrogens with one attached hydrogen (secondary N) is 1. The number of anilines is 1. The normalized spacial score (nSPS) is 19.0. The molecule has 1 fully saturated rings. The molecule has 2 atom stereocenters. The standard InChI is InChI=1S/C18H14FN3OS/c19-13-4-1-11(2-5-13)16-6-3-12(10-21-16)14-9-15(14)17(23)22-18-20-7-8-24-18/h1-8,10,14-15H,9H2,(H,20,22,23)/t14-,15+/m0/s1. The van der Waals surface area contributed by atoms with Crippen molar-refractivity contribution in [3.05, 3.63) is 65.6 Å². The second kappa shape index (κ2) is 6.13. The van der Waals surface area contributed by atoms with Gasteiger partial charge < -0.3 is 5.32 Å². The maximum Gasteiger partial charge on any atom is 0.229 e. The first kappa shape index (κ1) is 15.0. The number of aromatic nitrogens is 2. The number of carbonyl (C=O) groups excluding carboxylic acids is 1. The van der Waals surface area contributed by atoms with Crippen LogP contribution in [0.3, 0.4) is 0 Å². The highest BCUT2D eigenvalue weighted by molar-refractivity contribution is 7.13. The predicted molar refractivity (Wildman–Crippen MR) is 91.2 cm³/mol. The van der Waals surface area contributed by atoms with Gasteiger partial charge in [-0.15, -0.1) is 11.3 Å². The average Bonchev–Trinajstić information content (AvgIpc) is 3.25. The molecule has 1 N–H and O–H groups in total. The van der Waals surface area contributed by atoms with E-state index < -0.39 is 0 Å². The smallest absolute Gasteiger partial charge is 0.229 e. The van der Waals surface area contributed by atoms with E-state index in [1.165, 1.54) is 23.5 Å². The van der Waals surface area contributed by atoms with Crippen molar-refractivity contribution in [2.24, 2.45) is 5.92 Å². The molecule has 24 heavy (non-hydrogen) atoms. The van der Waals surface area contributed by atoms with Gasteiger partial charge in [0.05, 0.1) is 5.69 Å². The van der Waals surface area contributed by atoms with Crippen LogP contribution in [-0.4, -0.2) is 15.9 Å². The van der Waals surface area contributed by atoms with Gasteiger partial charge >= 0.3 is 0 Å². The Kier molecular flexibility index (Phi) is 3.82. The van der Waals surface area contributed by atoms with Gasteiger partial charge in [-0.3, -0.25) is 9.78 Å². The van der Waals surface area contributed by atoms with Crippen molar-refractivity contribution in [3.8, 4) is 11.3 Å². The number of carbonyl (C=O) groups is 1. The molecule has 2 heterocycles. The Morgan fingerprint density at radius 3 is 2.67 bits per heavy atom. The molecular weight excluding hydrogens is 325 g/mol. The minimum Gasteiger partial charge on any atom is -0.302 e. The summed E-state index contributed by atoms with van der Waals surface area (Å²) in [5.41, 5.74) is 2.72. The van der Waals surface area contributed by atoms with E-state index in [1.807, 2.05) is 17.5 Å². The Balaban J connectivity index is 1.43. The van der Waals surface area contributed by atoms with Crippen molar-refractivity contribution < 1.29 is 9.18 Å². The zero-order chi connectivity index (χ0) is 16.5. The van der Waals surface area contributed by atoms with E-state index in [9.17, 15) is 9.18 Å². The molecule has 0 spiro atoms. The third kappa shape index (κ3) is 3.05. The van der Waals surface area contributed by atoms with Gasteiger partial charge in [-0.1, -0.05) is 6.07 Å². The Bertz CT molecular complexity index is 847. The Hall–Kier alpha value is -2.60. The number of amides is 1. The van der Waals surface area contributed by atoms with Crippen LogP contribution in [0.25, 0.3) is 11.3 Å².